The average molecular weight is 487 g/mol. The quantitative estimate of drug-likeness (QED) is 0.636. The molecule has 1 saturated heterocycles. The lowest BCUT2D eigenvalue weighted by molar-refractivity contribution is -0.122. The summed E-state index contributed by atoms with van der Waals surface area (Å²) in [6.45, 7) is 7.16. The number of carbonyl (C=O) groups excluding carboxylic acids is 1. The molecule has 8 heteroatoms. The Morgan fingerprint density at radius 1 is 1.18 bits per heavy atom. The van der Waals surface area contributed by atoms with E-state index in [9.17, 15) is 13.2 Å². The van der Waals surface area contributed by atoms with Crippen LogP contribution in [0.2, 0.25) is 0 Å². The van der Waals surface area contributed by atoms with Gasteiger partial charge in [0.2, 0.25) is 15.9 Å². The minimum atomic E-state index is -3.53. The van der Waals surface area contributed by atoms with Crippen molar-refractivity contribution in [3.05, 3.63) is 53.1 Å². The molecule has 0 radical (unpaired) electrons. The number of rotatable bonds is 7. The van der Waals surface area contributed by atoms with Crippen molar-refractivity contribution in [2.24, 2.45) is 0 Å². The largest absolute Gasteiger partial charge is 0.496 e. The number of fused-ring (bicyclic) bond motifs is 1. The molecule has 1 fully saturated rings. The summed E-state index contributed by atoms with van der Waals surface area (Å²) < 4.78 is 39.1. The monoisotopic (exact) mass is 486 g/mol. The molecule has 1 amide bonds. The van der Waals surface area contributed by atoms with Crippen LogP contribution < -0.4 is 14.8 Å². The van der Waals surface area contributed by atoms with E-state index in [1.165, 1.54) is 4.31 Å². The van der Waals surface area contributed by atoms with Gasteiger partial charge in [-0.2, -0.15) is 4.31 Å². The molecule has 2 aliphatic heterocycles. The summed E-state index contributed by atoms with van der Waals surface area (Å²) >= 11 is 0. The summed E-state index contributed by atoms with van der Waals surface area (Å²) in [5.41, 5.74) is 2.43. The molecule has 2 aromatic rings. The maximum absolute atomic E-state index is 13.0. The van der Waals surface area contributed by atoms with Crippen LogP contribution in [-0.4, -0.2) is 44.4 Å². The number of sulfonamides is 1. The molecule has 0 aromatic heterocycles. The van der Waals surface area contributed by atoms with Gasteiger partial charge in [0.1, 0.15) is 17.1 Å². The number of hydrogen-bond acceptors (Lipinski definition) is 5. The summed E-state index contributed by atoms with van der Waals surface area (Å²) in [7, 11) is -1.98. The lowest BCUT2D eigenvalue weighted by Crippen LogP contribution is -2.41. The Morgan fingerprint density at radius 3 is 2.62 bits per heavy atom. The Hall–Kier alpha value is -2.58. The Kier molecular flexibility index (Phi) is 6.92. The standard InChI is InChI=1S/C26H34N2O5S/c1-18-7-10-24-21(15-18)22(17-26(2,3)33-24)27-25(29)12-8-19-16-20(9-11-23(19)32-4)34(30,31)28-13-5-6-14-28/h7,9-11,15-16,22H,5-6,8,12-14,17H2,1-4H3,(H,27,29)/t22-/m1/s1. The predicted octanol–water partition coefficient (Wildman–Crippen LogP) is 4.14. The molecule has 1 N–H and O–H groups in total. The van der Waals surface area contributed by atoms with Gasteiger partial charge >= 0.3 is 0 Å². The van der Waals surface area contributed by atoms with Crippen LogP contribution in [0.3, 0.4) is 0 Å². The summed E-state index contributed by atoms with van der Waals surface area (Å²) in [5, 5.41) is 3.17. The lowest BCUT2D eigenvalue weighted by atomic mass is 9.89. The second kappa shape index (κ2) is 9.58. The molecule has 0 spiro atoms. The maximum Gasteiger partial charge on any atom is 0.243 e. The number of hydrogen-bond donors (Lipinski definition) is 1. The molecule has 0 unspecified atom stereocenters. The first kappa shape index (κ1) is 24.5. The van der Waals surface area contributed by atoms with E-state index < -0.39 is 10.0 Å². The van der Waals surface area contributed by atoms with Gasteiger partial charge < -0.3 is 14.8 Å². The third-order valence-corrected chi connectivity index (χ3v) is 8.43. The highest BCUT2D eigenvalue weighted by atomic mass is 32.2. The fourth-order valence-electron chi connectivity index (χ4n) is 4.81. The molecular formula is C26H34N2O5S. The first-order valence-electron chi connectivity index (χ1n) is 11.8. The van der Waals surface area contributed by atoms with Gasteiger partial charge in [0.05, 0.1) is 18.0 Å². The molecule has 2 aromatic carbocycles. The second-order valence-corrected chi connectivity index (χ2v) is 11.8. The Balaban J connectivity index is 1.48. The van der Waals surface area contributed by atoms with Gasteiger partial charge in [0, 0.05) is 31.5 Å². The normalized spacial score (nSPS) is 19.8. The molecule has 2 aliphatic rings. The highest BCUT2D eigenvalue weighted by Gasteiger charge is 2.34. The van der Waals surface area contributed by atoms with Crippen molar-refractivity contribution in [1.29, 1.82) is 0 Å². The van der Waals surface area contributed by atoms with Gasteiger partial charge in [-0.25, -0.2) is 8.42 Å². The highest BCUT2D eigenvalue weighted by Crippen LogP contribution is 2.40. The van der Waals surface area contributed by atoms with Crippen LogP contribution in [0.4, 0.5) is 0 Å². The molecule has 34 heavy (non-hydrogen) atoms. The van der Waals surface area contributed by atoms with Gasteiger partial charge in [-0.15, -0.1) is 0 Å². The molecule has 0 saturated carbocycles. The lowest BCUT2D eigenvalue weighted by Gasteiger charge is -2.38. The highest BCUT2D eigenvalue weighted by molar-refractivity contribution is 7.89. The van der Waals surface area contributed by atoms with Crippen LogP contribution >= 0.6 is 0 Å². The van der Waals surface area contributed by atoms with Crippen molar-refractivity contribution >= 4 is 15.9 Å². The smallest absolute Gasteiger partial charge is 0.243 e. The van der Waals surface area contributed by atoms with Gasteiger partial charge in [0.15, 0.2) is 0 Å². The van der Waals surface area contributed by atoms with Crippen LogP contribution in [0.5, 0.6) is 11.5 Å². The number of methoxy groups -OCH3 is 1. The maximum atomic E-state index is 13.0. The van der Waals surface area contributed by atoms with Crippen LogP contribution in [0.1, 0.15) is 62.3 Å². The zero-order chi connectivity index (χ0) is 24.5. The number of benzene rings is 2. The zero-order valence-corrected chi connectivity index (χ0v) is 21.2. The number of aryl methyl sites for hydroxylation is 2. The molecule has 184 valence electrons. The van der Waals surface area contributed by atoms with Crippen molar-refractivity contribution in [2.45, 2.75) is 69.4 Å². The topological polar surface area (TPSA) is 84.9 Å². The Bertz CT molecular complexity index is 1170. The second-order valence-electron chi connectivity index (χ2n) is 9.81. The van der Waals surface area contributed by atoms with E-state index in [-0.39, 0.29) is 28.9 Å². The van der Waals surface area contributed by atoms with Gasteiger partial charge in [-0.1, -0.05) is 17.7 Å². The van der Waals surface area contributed by atoms with Crippen molar-refractivity contribution in [2.75, 3.05) is 20.2 Å². The molecule has 0 bridgehead atoms. The van der Waals surface area contributed by atoms with Gasteiger partial charge in [-0.3, -0.25) is 4.79 Å². The average Bonchev–Trinajstić information content (AvgIpc) is 3.33. The van der Waals surface area contributed by atoms with Gasteiger partial charge in [0.25, 0.3) is 0 Å². The van der Waals surface area contributed by atoms with Crippen LogP contribution in [-0.2, 0) is 21.2 Å². The van der Waals surface area contributed by atoms with E-state index in [1.54, 1.807) is 25.3 Å². The predicted molar refractivity (Wildman–Crippen MR) is 131 cm³/mol. The molecule has 1 atom stereocenters. The summed E-state index contributed by atoms with van der Waals surface area (Å²) in [6, 6.07) is 10.8. The third kappa shape index (κ3) is 5.23. The van der Waals surface area contributed by atoms with E-state index in [2.05, 4.69) is 11.4 Å². The number of nitrogens with zero attached hydrogens (tertiary/aromatic N) is 1. The Labute approximate surface area is 202 Å². The first-order chi connectivity index (χ1) is 16.1. The number of carbonyl (C=O) groups is 1. The van der Waals surface area contributed by atoms with Crippen molar-refractivity contribution in [3.63, 3.8) is 0 Å². The number of nitrogens with one attached hydrogen (secondary N) is 1. The van der Waals surface area contributed by atoms with Crippen molar-refractivity contribution in [1.82, 2.24) is 9.62 Å². The molecule has 7 nitrogen and oxygen atoms in total. The first-order valence-corrected chi connectivity index (χ1v) is 13.3. The van der Waals surface area contributed by atoms with Crippen molar-refractivity contribution < 1.29 is 22.7 Å². The Morgan fingerprint density at radius 2 is 1.91 bits per heavy atom. The van der Waals surface area contributed by atoms with E-state index in [1.807, 2.05) is 32.9 Å². The minimum absolute atomic E-state index is 0.0926. The molecule has 2 heterocycles. The van der Waals surface area contributed by atoms with Crippen LogP contribution in [0, 0.1) is 6.92 Å². The summed E-state index contributed by atoms with van der Waals surface area (Å²) in [4.78, 5) is 13.2. The summed E-state index contributed by atoms with van der Waals surface area (Å²) in [5.74, 6) is 1.29. The van der Waals surface area contributed by atoms with E-state index in [4.69, 9.17) is 9.47 Å². The van der Waals surface area contributed by atoms with Gasteiger partial charge in [-0.05, 0) is 69.9 Å². The van der Waals surface area contributed by atoms with E-state index >= 15 is 0 Å². The fraction of sp³-hybridized carbons (Fsp3) is 0.500. The number of amides is 1. The third-order valence-electron chi connectivity index (χ3n) is 6.53. The van der Waals surface area contributed by atoms with Crippen LogP contribution in [0.25, 0.3) is 0 Å². The van der Waals surface area contributed by atoms with Crippen molar-refractivity contribution in [3.8, 4) is 11.5 Å². The van der Waals surface area contributed by atoms with Crippen LogP contribution in [0.15, 0.2) is 41.3 Å². The van der Waals surface area contributed by atoms with E-state index in [0.717, 1.165) is 29.7 Å². The fourth-order valence-corrected chi connectivity index (χ4v) is 6.37. The molecule has 0 aliphatic carbocycles. The SMILES string of the molecule is COc1ccc(S(=O)(=O)N2CCCC2)cc1CCC(=O)N[C@@H]1CC(C)(C)Oc2ccc(C)cc21. The molecular weight excluding hydrogens is 452 g/mol. The molecule has 4 rings (SSSR count). The number of ether oxygens (including phenoxy) is 2. The minimum Gasteiger partial charge on any atom is -0.496 e. The van der Waals surface area contributed by atoms with E-state index in [0.29, 0.717) is 37.2 Å². The zero-order valence-electron chi connectivity index (χ0n) is 20.4. The summed E-state index contributed by atoms with van der Waals surface area (Å²) in [6.07, 6.45) is 3.04.